The summed E-state index contributed by atoms with van der Waals surface area (Å²) in [5, 5.41) is 2.85. The molecule has 162 valence electrons. The molecule has 31 heavy (non-hydrogen) atoms. The summed E-state index contributed by atoms with van der Waals surface area (Å²) < 4.78 is 11.4. The summed E-state index contributed by atoms with van der Waals surface area (Å²) >= 11 is 0. The van der Waals surface area contributed by atoms with Crippen molar-refractivity contribution in [1.29, 1.82) is 0 Å². The Morgan fingerprint density at radius 1 is 1.00 bits per heavy atom. The van der Waals surface area contributed by atoms with Gasteiger partial charge in [-0.1, -0.05) is 60.7 Å². The number of fused-ring (bicyclic) bond motifs is 1. The SMILES string of the molecule is CC1=C(C(=O)OCc2ccccc2)[C@H]2CC[C@@H](CCOCc3ccccc3)N2C(=O)N1. The van der Waals surface area contributed by atoms with Crippen LogP contribution in [-0.2, 0) is 27.5 Å². The number of carbonyl (C=O) groups excluding carboxylic acids is 2. The summed E-state index contributed by atoms with van der Waals surface area (Å²) in [6.07, 6.45) is 2.33. The van der Waals surface area contributed by atoms with Gasteiger partial charge < -0.3 is 19.7 Å². The Morgan fingerprint density at radius 2 is 1.65 bits per heavy atom. The lowest BCUT2D eigenvalue weighted by atomic mass is 10.0. The van der Waals surface area contributed by atoms with E-state index in [-0.39, 0.29) is 30.7 Å². The maximum absolute atomic E-state index is 12.9. The molecule has 1 fully saturated rings. The lowest BCUT2D eigenvalue weighted by Gasteiger charge is -2.36. The highest BCUT2D eigenvalue weighted by atomic mass is 16.5. The normalized spacial score (nSPS) is 20.4. The second kappa shape index (κ2) is 9.79. The van der Waals surface area contributed by atoms with E-state index in [9.17, 15) is 9.59 Å². The molecule has 4 rings (SSSR count). The van der Waals surface area contributed by atoms with Crippen LogP contribution in [0.5, 0.6) is 0 Å². The first-order valence-electron chi connectivity index (χ1n) is 10.8. The minimum absolute atomic E-state index is 0.0470. The summed E-state index contributed by atoms with van der Waals surface area (Å²) in [6, 6.07) is 19.3. The zero-order valence-electron chi connectivity index (χ0n) is 17.8. The van der Waals surface area contributed by atoms with Crippen molar-refractivity contribution in [3.8, 4) is 0 Å². The zero-order valence-corrected chi connectivity index (χ0v) is 17.8. The summed E-state index contributed by atoms with van der Waals surface area (Å²) in [6.45, 7) is 3.10. The number of hydrogen-bond acceptors (Lipinski definition) is 4. The minimum Gasteiger partial charge on any atom is -0.457 e. The number of benzene rings is 2. The van der Waals surface area contributed by atoms with Crippen LogP contribution in [0, 0.1) is 0 Å². The molecule has 2 amide bonds. The number of carbonyl (C=O) groups is 2. The molecular weight excluding hydrogens is 392 g/mol. The first kappa shape index (κ1) is 21.1. The molecule has 2 aliphatic heterocycles. The fraction of sp³-hybridized carbons (Fsp3) is 0.360. The summed E-state index contributed by atoms with van der Waals surface area (Å²) in [5.74, 6) is -0.364. The van der Waals surface area contributed by atoms with Crippen LogP contribution in [0.15, 0.2) is 71.9 Å². The van der Waals surface area contributed by atoms with E-state index >= 15 is 0 Å². The number of esters is 1. The van der Waals surface area contributed by atoms with Gasteiger partial charge in [-0.05, 0) is 37.3 Å². The van der Waals surface area contributed by atoms with Crippen LogP contribution >= 0.6 is 0 Å². The first-order valence-corrected chi connectivity index (χ1v) is 10.8. The van der Waals surface area contributed by atoms with Gasteiger partial charge in [0.2, 0.25) is 0 Å². The number of ether oxygens (including phenoxy) is 2. The van der Waals surface area contributed by atoms with Gasteiger partial charge >= 0.3 is 12.0 Å². The van der Waals surface area contributed by atoms with Crippen molar-refractivity contribution in [3.63, 3.8) is 0 Å². The predicted octanol–water partition coefficient (Wildman–Crippen LogP) is 4.17. The number of nitrogens with one attached hydrogen (secondary N) is 1. The van der Waals surface area contributed by atoms with Crippen LogP contribution < -0.4 is 5.32 Å². The molecule has 0 aliphatic carbocycles. The smallest absolute Gasteiger partial charge is 0.338 e. The van der Waals surface area contributed by atoms with Crippen LogP contribution in [-0.4, -0.2) is 35.6 Å². The molecule has 0 saturated carbocycles. The average molecular weight is 421 g/mol. The molecule has 0 aromatic heterocycles. The van der Waals surface area contributed by atoms with Crippen molar-refractivity contribution in [1.82, 2.24) is 10.2 Å². The number of rotatable bonds is 8. The van der Waals surface area contributed by atoms with Gasteiger partial charge in [-0.2, -0.15) is 0 Å². The lowest BCUT2D eigenvalue weighted by Crippen LogP contribution is -2.53. The van der Waals surface area contributed by atoms with E-state index in [0.717, 1.165) is 30.4 Å². The monoisotopic (exact) mass is 420 g/mol. The molecule has 2 heterocycles. The molecule has 0 radical (unpaired) electrons. The van der Waals surface area contributed by atoms with Crippen molar-refractivity contribution in [2.45, 2.75) is 51.5 Å². The highest BCUT2D eigenvalue weighted by Gasteiger charge is 2.44. The standard InChI is InChI=1S/C25H28N2O4/c1-18-23(24(28)31-17-20-10-6-3-7-11-20)22-13-12-21(27(22)25(29)26-18)14-15-30-16-19-8-4-2-5-9-19/h2-11,21-22H,12-17H2,1H3,(H,26,29)/t21-,22+/m0/s1. The van der Waals surface area contributed by atoms with Crippen molar-refractivity contribution < 1.29 is 19.1 Å². The van der Waals surface area contributed by atoms with Gasteiger partial charge in [-0.25, -0.2) is 9.59 Å². The summed E-state index contributed by atoms with van der Waals surface area (Å²) in [4.78, 5) is 27.4. The molecule has 2 aromatic rings. The Labute approximate surface area is 182 Å². The van der Waals surface area contributed by atoms with Gasteiger partial charge in [0.15, 0.2) is 0 Å². The number of hydrogen-bond donors (Lipinski definition) is 1. The van der Waals surface area contributed by atoms with Crippen molar-refractivity contribution >= 4 is 12.0 Å². The third kappa shape index (κ3) is 4.97. The van der Waals surface area contributed by atoms with E-state index in [1.165, 1.54) is 0 Å². The van der Waals surface area contributed by atoms with Crippen molar-refractivity contribution in [2.75, 3.05) is 6.61 Å². The maximum atomic E-state index is 12.9. The number of amides is 2. The van der Waals surface area contributed by atoms with E-state index in [0.29, 0.717) is 24.5 Å². The number of nitrogens with zero attached hydrogens (tertiary/aromatic N) is 1. The van der Waals surface area contributed by atoms with Crippen LogP contribution in [0.25, 0.3) is 0 Å². The third-order valence-corrected chi connectivity index (χ3v) is 5.91. The van der Waals surface area contributed by atoms with Crippen molar-refractivity contribution in [3.05, 3.63) is 83.1 Å². The second-order valence-electron chi connectivity index (χ2n) is 8.01. The molecule has 0 spiro atoms. The summed E-state index contributed by atoms with van der Waals surface area (Å²) in [7, 11) is 0. The second-order valence-corrected chi connectivity index (χ2v) is 8.01. The Bertz CT molecular complexity index is 943. The van der Waals surface area contributed by atoms with E-state index < -0.39 is 0 Å². The van der Waals surface area contributed by atoms with Crippen LogP contribution in [0.3, 0.4) is 0 Å². The fourth-order valence-electron chi connectivity index (χ4n) is 4.37. The third-order valence-electron chi connectivity index (χ3n) is 5.91. The Kier molecular flexibility index (Phi) is 6.67. The predicted molar refractivity (Wildman–Crippen MR) is 117 cm³/mol. The zero-order chi connectivity index (χ0) is 21.6. The first-order chi connectivity index (χ1) is 15.1. The van der Waals surface area contributed by atoms with Gasteiger partial charge in [0.1, 0.15) is 6.61 Å². The molecule has 2 atom stereocenters. The Balaban J connectivity index is 1.35. The fourth-order valence-corrected chi connectivity index (χ4v) is 4.37. The van der Waals surface area contributed by atoms with Gasteiger partial charge in [-0.15, -0.1) is 0 Å². The van der Waals surface area contributed by atoms with Crippen molar-refractivity contribution in [2.24, 2.45) is 0 Å². The van der Waals surface area contributed by atoms with E-state index in [2.05, 4.69) is 5.32 Å². The van der Waals surface area contributed by atoms with E-state index in [1.807, 2.05) is 60.7 Å². The Morgan fingerprint density at radius 3 is 2.32 bits per heavy atom. The highest BCUT2D eigenvalue weighted by Crippen LogP contribution is 2.35. The van der Waals surface area contributed by atoms with Crippen LogP contribution in [0.4, 0.5) is 4.79 Å². The van der Waals surface area contributed by atoms with Gasteiger partial charge in [0.05, 0.1) is 18.2 Å². The van der Waals surface area contributed by atoms with Crippen LogP contribution in [0.1, 0.15) is 37.3 Å². The van der Waals surface area contributed by atoms with E-state index in [1.54, 1.807) is 11.8 Å². The van der Waals surface area contributed by atoms with Crippen LogP contribution in [0.2, 0.25) is 0 Å². The number of urea groups is 1. The van der Waals surface area contributed by atoms with Gasteiger partial charge in [-0.3, -0.25) is 0 Å². The molecule has 0 unspecified atom stereocenters. The largest absolute Gasteiger partial charge is 0.457 e. The molecule has 6 heteroatoms. The molecular formula is C25H28N2O4. The minimum atomic E-state index is -0.364. The van der Waals surface area contributed by atoms with E-state index in [4.69, 9.17) is 9.47 Å². The quantitative estimate of drug-likeness (QED) is 0.514. The molecule has 0 bridgehead atoms. The Hall–Kier alpha value is -3.12. The molecule has 2 aliphatic rings. The van der Waals surface area contributed by atoms with Gasteiger partial charge in [0, 0.05) is 18.3 Å². The molecule has 6 nitrogen and oxygen atoms in total. The average Bonchev–Trinajstić information content (AvgIpc) is 3.21. The lowest BCUT2D eigenvalue weighted by molar-refractivity contribution is -0.141. The topological polar surface area (TPSA) is 67.9 Å². The maximum Gasteiger partial charge on any atom is 0.338 e. The molecule has 1 N–H and O–H groups in total. The number of allylic oxidation sites excluding steroid dienone is 1. The summed E-state index contributed by atoms with van der Waals surface area (Å²) in [5.41, 5.74) is 3.21. The molecule has 1 saturated heterocycles. The highest BCUT2D eigenvalue weighted by molar-refractivity contribution is 5.95. The molecule has 2 aromatic carbocycles. The van der Waals surface area contributed by atoms with Gasteiger partial charge in [0.25, 0.3) is 0 Å².